The summed E-state index contributed by atoms with van der Waals surface area (Å²) >= 11 is 1.55. The van der Waals surface area contributed by atoms with Crippen molar-refractivity contribution < 1.29 is 14.3 Å². The van der Waals surface area contributed by atoms with Crippen LogP contribution in [0.3, 0.4) is 0 Å². The number of methoxy groups -OCH3 is 1. The van der Waals surface area contributed by atoms with Gasteiger partial charge in [-0.15, -0.1) is 11.3 Å². The molecule has 3 heterocycles. The summed E-state index contributed by atoms with van der Waals surface area (Å²) in [5.41, 5.74) is 2.77. The van der Waals surface area contributed by atoms with E-state index in [0.29, 0.717) is 18.8 Å². The molecule has 1 N–H and O–H groups in total. The number of nitrogens with one attached hydrogen (secondary N) is 1. The number of pyridine rings is 2. The van der Waals surface area contributed by atoms with Gasteiger partial charge in [0.15, 0.2) is 0 Å². The molecular weight excluding hydrogens is 388 g/mol. The molecule has 0 aromatic carbocycles. The predicted molar refractivity (Wildman–Crippen MR) is 116 cm³/mol. The van der Waals surface area contributed by atoms with Crippen LogP contribution in [0.5, 0.6) is 5.88 Å². The maximum atomic E-state index is 11.7. The van der Waals surface area contributed by atoms with Crippen LogP contribution in [0.4, 0.5) is 4.79 Å². The highest BCUT2D eigenvalue weighted by atomic mass is 32.1. The van der Waals surface area contributed by atoms with Crippen molar-refractivity contribution in [1.82, 2.24) is 20.3 Å². The van der Waals surface area contributed by atoms with Gasteiger partial charge in [-0.3, -0.25) is 4.98 Å². The first kappa shape index (κ1) is 22.5. The number of ether oxygens (including phenoxy) is 2. The Hall–Kier alpha value is -2.74. The van der Waals surface area contributed by atoms with Gasteiger partial charge in [0.25, 0.3) is 0 Å². The highest BCUT2D eigenvalue weighted by Gasteiger charge is 2.16. The van der Waals surface area contributed by atoms with Crippen molar-refractivity contribution in [2.45, 2.75) is 46.6 Å². The highest BCUT2D eigenvalue weighted by molar-refractivity contribution is 7.10. The zero-order valence-corrected chi connectivity index (χ0v) is 18.6. The van der Waals surface area contributed by atoms with E-state index in [-0.39, 0.29) is 0 Å². The number of carbonyl (C=O) groups excluding carboxylic acids is 1. The Kier molecular flexibility index (Phi) is 7.90. The van der Waals surface area contributed by atoms with E-state index in [1.54, 1.807) is 30.7 Å². The van der Waals surface area contributed by atoms with E-state index in [4.69, 9.17) is 9.47 Å². The molecule has 0 bridgehead atoms. The van der Waals surface area contributed by atoms with E-state index >= 15 is 0 Å². The van der Waals surface area contributed by atoms with Gasteiger partial charge in [-0.1, -0.05) is 13.8 Å². The van der Waals surface area contributed by atoms with Crippen LogP contribution >= 0.6 is 11.3 Å². The fourth-order valence-electron chi connectivity index (χ4n) is 2.46. The predicted octanol–water partition coefficient (Wildman–Crippen LogP) is 4.86. The fraction of sp³-hybridized carbons (Fsp3) is 0.429. The first-order chi connectivity index (χ1) is 13.9. The third-order valence-corrected chi connectivity index (χ3v) is 4.51. The van der Waals surface area contributed by atoms with E-state index in [1.165, 1.54) is 0 Å². The Morgan fingerprint density at radius 2 is 1.93 bits per heavy atom. The van der Waals surface area contributed by atoms with E-state index in [0.717, 1.165) is 27.3 Å². The summed E-state index contributed by atoms with van der Waals surface area (Å²) < 4.78 is 10.4. The van der Waals surface area contributed by atoms with Crippen molar-refractivity contribution in [3.8, 4) is 17.1 Å². The van der Waals surface area contributed by atoms with Gasteiger partial charge in [0.05, 0.1) is 23.3 Å². The maximum Gasteiger partial charge on any atom is 0.407 e. The number of nitrogens with zero attached hydrogens (tertiary/aromatic N) is 3. The lowest BCUT2D eigenvalue weighted by Crippen LogP contribution is -2.33. The second-order valence-electron chi connectivity index (χ2n) is 6.89. The first-order valence-corrected chi connectivity index (χ1v) is 10.4. The number of amides is 1. The SMILES string of the molecule is CC.COc1ccc2nccc(-c3csc(CCNC(=O)OC(C)(C)C)n3)c2n1. The lowest BCUT2D eigenvalue weighted by molar-refractivity contribution is 0.0528. The number of carbonyl (C=O) groups is 1. The minimum atomic E-state index is -0.505. The summed E-state index contributed by atoms with van der Waals surface area (Å²) in [5, 5.41) is 5.66. The highest BCUT2D eigenvalue weighted by Crippen LogP contribution is 2.28. The van der Waals surface area contributed by atoms with Crippen LogP contribution in [-0.2, 0) is 11.2 Å². The second-order valence-corrected chi connectivity index (χ2v) is 7.83. The monoisotopic (exact) mass is 416 g/mol. The Morgan fingerprint density at radius 3 is 2.62 bits per heavy atom. The Balaban J connectivity index is 0.00000145. The van der Waals surface area contributed by atoms with Gasteiger partial charge in [-0.25, -0.2) is 14.8 Å². The van der Waals surface area contributed by atoms with Crippen molar-refractivity contribution in [3.05, 3.63) is 34.8 Å². The number of rotatable bonds is 5. The molecule has 156 valence electrons. The zero-order chi connectivity index (χ0) is 21.4. The maximum absolute atomic E-state index is 11.7. The van der Waals surface area contributed by atoms with Gasteiger partial charge >= 0.3 is 6.09 Å². The number of fused-ring (bicyclic) bond motifs is 1. The molecule has 0 spiro atoms. The van der Waals surface area contributed by atoms with Crippen molar-refractivity contribution in [2.24, 2.45) is 0 Å². The molecule has 0 saturated carbocycles. The molecule has 3 aromatic rings. The lowest BCUT2D eigenvalue weighted by Gasteiger charge is -2.19. The molecule has 0 aliphatic heterocycles. The molecule has 8 heteroatoms. The normalized spacial score (nSPS) is 10.8. The van der Waals surface area contributed by atoms with Crippen LogP contribution in [-0.4, -0.2) is 40.3 Å². The third kappa shape index (κ3) is 6.39. The number of hydrogen-bond donors (Lipinski definition) is 1. The summed E-state index contributed by atoms with van der Waals surface area (Å²) in [6.07, 6.45) is 1.95. The minimum Gasteiger partial charge on any atom is -0.481 e. The third-order valence-electron chi connectivity index (χ3n) is 3.60. The molecule has 0 aliphatic carbocycles. The molecule has 29 heavy (non-hydrogen) atoms. The Labute approximate surface area is 175 Å². The number of alkyl carbamates (subject to hydrolysis) is 1. The van der Waals surface area contributed by atoms with Crippen molar-refractivity contribution in [3.63, 3.8) is 0 Å². The smallest absolute Gasteiger partial charge is 0.407 e. The number of thiazole rings is 1. The van der Waals surface area contributed by atoms with Gasteiger partial charge in [-0.2, -0.15) is 0 Å². The van der Waals surface area contributed by atoms with Crippen LogP contribution < -0.4 is 10.1 Å². The topological polar surface area (TPSA) is 86.2 Å². The van der Waals surface area contributed by atoms with E-state index < -0.39 is 11.7 Å². The van der Waals surface area contributed by atoms with Crippen LogP contribution in [0.1, 0.15) is 39.6 Å². The standard InChI is InChI=1S/C19H22N4O3S.C2H6/c1-19(2,3)26-18(24)21-10-8-16-22-14(11-27-16)12-7-9-20-13-5-6-15(25-4)23-17(12)13;1-2/h5-7,9,11H,8,10H2,1-4H3,(H,21,24);1-2H3. The average Bonchev–Trinajstić information content (AvgIpc) is 3.16. The lowest BCUT2D eigenvalue weighted by atomic mass is 10.1. The second kappa shape index (κ2) is 10.2. The summed E-state index contributed by atoms with van der Waals surface area (Å²) in [6.45, 7) is 9.97. The number of aromatic nitrogens is 3. The molecule has 3 rings (SSSR count). The summed E-state index contributed by atoms with van der Waals surface area (Å²) in [4.78, 5) is 25.2. The Morgan fingerprint density at radius 1 is 1.17 bits per heavy atom. The molecular formula is C21H28N4O3S. The van der Waals surface area contributed by atoms with Gasteiger partial charge in [-0.05, 0) is 32.9 Å². The summed E-state index contributed by atoms with van der Waals surface area (Å²) in [7, 11) is 1.59. The van der Waals surface area contributed by atoms with Gasteiger partial charge < -0.3 is 14.8 Å². The largest absolute Gasteiger partial charge is 0.481 e. The van der Waals surface area contributed by atoms with E-state index in [2.05, 4.69) is 20.3 Å². The van der Waals surface area contributed by atoms with Crippen molar-refractivity contribution in [2.75, 3.05) is 13.7 Å². The molecule has 0 aliphatic rings. The molecule has 3 aromatic heterocycles. The van der Waals surface area contributed by atoms with E-state index in [1.807, 2.05) is 52.1 Å². The summed E-state index contributed by atoms with van der Waals surface area (Å²) in [5.74, 6) is 0.536. The van der Waals surface area contributed by atoms with Crippen LogP contribution in [0.2, 0.25) is 0 Å². The average molecular weight is 417 g/mol. The molecule has 0 fully saturated rings. The zero-order valence-electron chi connectivity index (χ0n) is 17.8. The van der Waals surface area contributed by atoms with Gasteiger partial charge in [0.2, 0.25) is 5.88 Å². The molecule has 0 saturated heterocycles. The number of hydrogen-bond acceptors (Lipinski definition) is 7. The molecule has 0 atom stereocenters. The quantitative estimate of drug-likeness (QED) is 0.639. The van der Waals surface area contributed by atoms with Crippen molar-refractivity contribution >= 4 is 28.5 Å². The minimum absolute atomic E-state index is 0.421. The molecule has 1 amide bonds. The first-order valence-electron chi connectivity index (χ1n) is 9.57. The summed E-state index contributed by atoms with van der Waals surface area (Å²) in [6, 6.07) is 5.56. The van der Waals surface area contributed by atoms with Crippen LogP contribution in [0.15, 0.2) is 29.8 Å². The van der Waals surface area contributed by atoms with Gasteiger partial charge in [0.1, 0.15) is 11.1 Å². The molecule has 7 nitrogen and oxygen atoms in total. The van der Waals surface area contributed by atoms with Crippen LogP contribution in [0.25, 0.3) is 22.3 Å². The fourth-order valence-corrected chi connectivity index (χ4v) is 3.26. The Bertz CT molecular complexity index is 950. The van der Waals surface area contributed by atoms with E-state index in [9.17, 15) is 4.79 Å². The molecule has 0 unspecified atom stereocenters. The molecule has 0 radical (unpaired) electrons. The van der Waals surface area contributed by atoms with Crippen LogP contribution in [0, 0.1) is 0 Å². The van der Waals surface area contributed by atoms with Crippen molar-refractivity contribution in [1.29, 1.82) is 0 Å². The van der Waals surface area contributed by atoms with Gasteiger partial charge in [0, 0.05) is 36.2 Å².